The summed E-state index contributed by atoms with van der Waals surface area (Å²) >= 11 is 0. The Morgan fingerprint density at radius 2 is 2.00 bits per heavy atom. The van der Waals surface area contributed by atoms with Crippen molar-refractivity contribution in [2.45, 2.75) is 64.3 Å². The number of rotatable bonds is 2. The maximum Gasteiger partial charge on any atom is 0.121 e. The van der Waals surface area contributed by atoms with E-state index in [9.17, 15) is 5.11 Å². The zero-order chi connectivity index (χ0) is 11.3. The summed E-state index contributed by atoms with van der Waals surface area (Å²) in [6.07, 6.45) is 6.83. The highest BCUT2D eigenvalue weighted by atomic mass is 16.6. The molecule has 0 aromatic carbocycles. The first-order valence-corrected chi connectivity index (χ1v) is 5.93. The third kappa shape index (κ3) is 1.38. The van der Waals surface area contributed by atoms with Crippen LogP contribution in [0.25, 0.3) is 0 Å². The topological polar surface area (TPSA) is 32.8 Å². The zero-order valence-corrected chi connectivity index (χ0v) is 10.2. The van der Waals surface area contributed by atoms with Crippen LogP contribution in [0.1, 0.15) is 47.0 Å². The summed E-state index contributed by atoms with van der Waals surface area (Å²) in [5, 5.41) is 9.84. The minimum atomic E-state index is -0.212. The fourth-order valence-corrected chi connectivity index (χ4v) is 3.36. The van der Waals surface area contributed by atoms with Crippen LogP contribution in [0.15, 0.2) is 12.2 Å². The van der Waals surface area contributed by atoms with Crippen LogP contribution in [0.5, 0.6) is 0 Å². The fourth-order valence-electron chi connectivity index (χ4n) is 3.36. The van der Waals surface area contributed by atoms with E-state index in [2.05, 4.69) is 39.8 Å². The summed E-state index contributed by atoms with van der Waals surface area (Å²) in [6.45, 7) is 8.65. The Morgan fingerprint density at radius 1 is 1.33 bits per heavy atom. The molecule has 0 amide bonds. The Labute approximate surface area is 92.3 Å². The minimum Gasteiger partial charge on any atom is -0.393 e. The molecule has 2 rings (SSSR count). The third-order valence-corrected chi connectivity index (χ3v) is 4.09. The van der Waals surface area contributed by atoms with E-state index in [-0.39, 0.29) is 22.7 Å². The lowest BCUT2D eigenvalue weighted by molar-refractivity contribution is 0.0514. The number of epoxide rings is 1. The standard InChI is InChI=1S/C13H22O2/c1-5-6-7-13-11(2,3)8-10(14)9-12(13,4)15-13/h6-7,10,14H,5,8-9H2,1-4H3/b7-6+. The molecule has 3 unspecified atom stereocenters. The van der Waals surface area contributed by atoms with Gasteiger partial charge in [0.15, 0.2) is 0 Å². The van der Waals surface area contributed by atoms with Crippen molar-refractivity contribution in [3.05, 3.63) is 12.2 Å². The van der Waals surface area contributed by atoms with Crippen LogP contribution in [-0.2, 0) is 4.74 Å². The zero-order valence-electron chi connectivity index (χ0n) is 10.2. The Bertz CT molecular complexity index is 295. The molecule has 0 bridgehead atoms. The maximum atomic E-state index is 9.84. The molecular formula is C13H22O2. The van der Waals surface area contributed by atoms with Crippen LogP contribution in [0.3, 0.4) is 0 Å². The van der Waals surface area contributed by atoms with E-state index >= 15 is 0 Å². The van der Waals surface area contributed by atoms with E-state index in [1.807, 2.05) is 0 Å². The van der Waals surface area contributed by atoms with E-state index in [4.69, 9.17) is 4.74 Å². The highest BCUT2D eigenvalue weighted by molar-refractivity contribution is 5.31. The summed E-state index contributed by atoms with van der Waals surface area (Å²) < 4.78 is 5.99. The molecule has 2 nitrogen and oxygen atoms in total. The number of aliphatic hydroxyl groups is 1. The molecule has 1 aliphatic carbocycles. The Morgan fingerprint density at radius 3 is 2.53 bits per heavy atom. The van der Waals surface area contributed by atoms with Crippen molar-refractivity contribution in [3.63, 3.8) is 0 Å². The molecule has 15 heavy (non-hydrogen) atoms. The van der Waals surface area contributed by atoms with E-state index in [1.54, 1.807) is 0 Å². The lowest BCUT2D eigenvalue weighted by Gasteiger charge is -2.39. The second-order valence-electron chi connectivity index (χ2n) is 5.83. The van der Waals surface area contributed by atoms with Crippen molar-refractivity contribution in [3.8, 4) is 0 Å². The lowest BCUT2D eigenvalue weighted by atomic mass is 9.63. The molecule has 0 radical (unpaired) electrons. The minimum absolute atomic E-state index is 0.0328. The van der Waals surface area contributed by atoms with Crippen LogP contribution in [-0.4, -0.2) is 22.4 Å². The molecule has 2 fully saturated rings. The summed E-state index contributed by atoms with van der Waals surface area (Å²) in [5.74, 6) is 0. The highest BCUT2D eigenvalue weighted by Crippen LogP contribution is 2.65. The summed E-state index contributed by atoms with van der Waals surface area (Å²) in [7, 11) is 0. The van der Waals surface area contributed by atoms with Gasteiger partial charge in [0, 0.05) is 11.8 Å². The number of aliphatic hydroxyl groups excluding tert-OH is 1. The highest BCUT2D eigenvalue weighted by Gasteiger charge is 2.74. The third-order valence-electron chi connectivity index (χ3n) is 4.09. The average Bonchev–Trinajstić information content (AvgIpc) is 2.67. The first-order valence-electron chi connectivity index (χ1n) is 5.93. The van der Waals surface area contributed by atoms with Gasteiger partial charge in [-0.3, -0.25) is 0 Å². The van der Waals surface area contributed by atoms with E-state index in [0.717, 1.165) is 19.3 Å². The molecule has 2 aliphatic rings. The van der Waals surface area contributed by atoms with Gasteiger partial charge in [-0.15, -0.1) is 0 Å². The molecule has 1 saturated carbocycles. The quantitative estimate of drug-likeness (QED) is 0.561. The van der Waals surface area contributed by atoms with Gasteiger partial charge in [0.25, 0.3) is 0 Å². The average molecular weight is 210 g/mol. The molecule has 1 saturated heterocycles. The fraction of sp³-hybridized carbons (Fsp3) is 0.846. The van der Waals surface area contributed by atoms with Crippen molar-refractivity contribution in [1.82, 2.24) is 0 Å². The van der Waals surface area contributed by atoms with Gasteiger partial charge in [-0.25, -0.2) is 0 Å². The van der Waals surface area contributed by atoms with Gasteiger partial charge in [-0.1, -0.05) is 32.9 Å². The monoisotopic (exact) mass is 210 g/mol. The summed E-state index contributed by atoms with van der Waals surface area (Å²) in [5.41, 5.74) is -0.236. The molecule has 0 spiro atoms. The molecular weight excluding hydrogens is 188 g/mol. The van der Waals surface area contributed by atoms with Crippen LogP contribution >= 0.6 is 0 Å². The predicted octanol–water partition coefficient (Wildman–Crippen LogP) is 2.66. The van der Waals surface area contributed by atoms with Crippen LogP contribution in [0, 0.1) is 5.41 Å². The lowest BCUT2D eigenvalue weighted by Crippen LogP contribution is -2.46. The number of fused-ring (bicyclic) bond motifs is 1. The Balaban J connectivity index is 2.29. The molecule has 3 atom stereocenters. The van der Waals surface area contributed by atoms with E-state index in [1.165, 1.54) is 0 Å². The van der Waals surface area contributed by atoms with Crippen LogP contribution in [0.4, 0.5) is 0 Å². The smallest absolute Gasteiger partial charge is 0.121 e. The second-order valence-corrected chi connectivity index (χ2v) is 5.83. The SMILES string of the molecule is CC/C=C/C12OC1(C)CC(O)CC2(C)C. The van der Waals surface area contributed by atoms with Gasteiger partial charge in [-0.05, 0) is 19.8 Å². The molecule has 0 aromatic heterocycles. The largest absolute Gasteiger partial charge is 0.393 e. The van der Waals surface area contributed by atoms with Crippen molar-refractivity contribution >= 4 is 0 Å². The van der Waals surface area contributed by atoms with Gasteiger partial charge in [0.1, 0.15) is 11.2 Å². The van der Waals surface area contributed by atoms with E-state index < -0.39 is 0 Å². The Hall–Kier alpha value is -0.340. The van der Waals surface area contributed by atoms with Gasteiger partial charge < -0.3 is 9.84 Å². The van der Waals surface area contributed by atoms with Gasteiger partial charge >= 0.3 is 0 Å². The Kier molecular flexibility index (Phi) is 2.29. The number of hydrogen-bond acceptors (Lipinski definition) is 2. The molecule has 0 aromatic rings. The molecule has 2 heteroatoms. The number of hydrogen-bond donors (Lipinski definition) is 1. The van der Waals surface area contributed by atoms with Crippen molar-refractivity contribution in [2.75, 3.05) is 0 Å². The summed E-state index contributed by atoms with van der Waals surface area (Å²) in [6, 6.07) is 0. The first-order chi connectivity index (χ1) is 6.87. The summed E-state index contributed by atoms with van der Waals surface area (Å²) in [4.78, 5) is 0. The molecule has 1 aliphatic heterocycles. The van der Waals surface area contributed by atoms with Gasteiger partial charge in [0.2, 0.25) is 0 Å². The number of allylic oxidation sites excluding steroid dienone is 1. The van der Waals surface area contributed by atoms with Crippen molar-refractivity contribution in [2.24, 2.45) is 5.41 Å². The first kappa shape index (κ1) is 11.2. The number of ether oxygens (including phenoxy) is 1. The normalized spacial score (nSPS) is 47.9. The van der Waals surface area contributed by atoms with Gasteiger partial charge in [-0.2, -0.15) is 0 Å². The van der Waals surface area contributed by atoms with Gasteiger partial charge in [0.05, 0.1) is 6.10 Å². The van der Waals surface area contributed by atoms with Crippen LogP contribution < -0.4 is 0 Å². The molecule has 1 N–H and O–H groups in total. The van der Waals surface area contributed by atoms with E-state index in [0.29, 0.717) is 0 Å². The van der Waals surface area contributed by atoms with Crippen LogP contribution in [0.2, 0.25) is 0 Å². The van der Waals surface area contributed by atoms with Crippen molar-refractivity contribution < 1.29 is 9.84 Å². The van der Waals surface area contributed by atoms with Crippen molar-refractivity contribution in [1.29, 1.82) is 0 Å². The predicted molar refractivity (Wildman–Crippen MR) is 60.7 cm³/mol. The molecule has 1 heterocycles. The maximum absolute atomic E-state index is 9.84. The molecule has 86 valence electrons. The second kappa shape index (κ2) is 3.08.